The van der Waals surface area contributed by atoms with Crippen LogP contribution in [0.3, 0.4) is 0 Å². The first kappa shape index (κ1) is 15.5. The molecule has 0 spiro atoms. The van der Waals surface area contributed by atoms with Crippen molar-refractivity contribution in [2.75, 3.05) is 13.1 Å². The van der Waals surface area contributed by atoms with E-state index in [1.807, 2.05) is 0 Å². The van der Waals surface area contributed by atoms with Crippen molar-refractivity contribution in [1.29, 1.82) is 0 Å². The molecule has 0 heterocycles. The van der Waals surface area contributed by atoms with Gasteiger partial charge >= 0.3 is 0 Å². The minimum absolute atomic E-state index is 0.161. The molecular formula is C15H30N2O. The topological polar surface area (TPSA) is 55.1 Å². The van der Waals surface area contributed by atoms with Gasteiger partial charge in [0.15, 0.2) is 0 Å². The summed E-state index contributed by atoms with van der Waals surface area (Å²) in [5.41, 5.74) is 5.45. The highest BCUT2D eigenvalue weighted by Gasteiger charge is 2.33. The number of hydrogen-bond acceptors (Lipinski definition) is 2. The lowest BCUT2D eigenvalue weighted by atomic mass is 9.80. The zero-order chi connectivity index (χ0) is 13.6. The maximum Gasteiger partial charge on any atom is 0.227 e. The standard InChI is InChI=1S/C15H30N2O/c1-4-15(5-2,11-16)14(18)17-10-13-8-6-12(3)7-9-13/h12-13H,4-11,16H2,1-3H3,(H,17,18). The molecule has 0 radical (unpaired) electrons. The summed E-state index contributed by atoms with van der Waals surface area (Å²) in [6.07, 6.45) is 6.79. The Balaban J connectivity index is 2.40. The molecule has 0 saturated heterocycles. The van der Waals surface area contributed by atoms with Crippen molar-refractivity contribution in [3.05, 3.63) is 0 Å². The van der Waals surface area contributed by atoms with E-state index in [1.165, 1.54) is 25.7 Å². The minimum Gasteiger partial charge on any atom is -0.355 e. The average molecular weight is 254 g/mol. The summed E-state index contributed by atoms with van der Waals surface area (Å²) < 4.78 is 0. The van der Waals surface area contributed by atoms with Crippen LogP contribution in [0.4, 0.5) is 0 Å². The Morgan fingerprint density at radius 1 is 1.22 bits per heavy atom. The van der Waals surface area contributed by atoms with Crippen LogP contribution in [0.5, 0.6) is 0 Å². The van der Waals surface area contributed by atoms with Crippen molar-refractivity contribution < 1.29 is 4.79 Å². The van der Waals surface area contributed by atoms with Crippen molar-refractivity contribution in [3.63, 3.8) is 0 Å². The molecule has 0 aromatic carbocycles. The predicted molar refractivity (Wildman–Crippen MR) is 76.2 cm³/mol. The molecule has 1 amide bonds. The van der Waals surface area contributed by atoms with E-state index >= 15 is 0 Å². The molecule has 3 N–H and O–H groups in total. The van der Waals surface area contributed by atoms with Gasteiger partial charge in [0.2, 0.25) is 5.91 Å². The highest BCUT2D eigenvalue weighted by atomic mass is 16.2. The van der Waals surface area contributed by atoms with Crippen LogP contribution in [-0.4, -0.2) is 19.0 Å². The van der Waals surface area contributed by atoms with E-state index in [-0.39, 0.29) is 11.3 Å². The van der Waals surface area contributed by atoms with Gasteiger partial charge in [0, 0.05) is 13.1 Å². The Morgan fingerprint density at radius 3 is 2.22 bits per heavy atom. The van der Waals surface area contributed by atoms with Crippen LogP contribution < -0.4 is 11.1 Å². The van der Waals surface area contributed by atoms with Crippen LogP contribution in [0.15, 0.2) is 0 Å². The first-order valence-electron chi connectivity index (χ1n) is 7.56. The lowest BCUT2D eigenvalue weighted by Crippen LogP contribution is -2.46. The third-order valence-electron chi connectivity index (χ3n) is 4.91. The lowest BCUT2D eigenvalue weighted by Gasteiger charge is -2.31. The zero-order valence-corrected chi connectivity index (χ0v) is 12.3. The molecule has 106 valence electrons. The molecule has 1 saturated carbocycles. The summed E-state index contributed by atoms with van der Waals surface area (Å²) in [5.74, 6) is 1.70. The van der Waals surface area contributed by atoms with Crippen LogP contribution in [-0.2, 0) is 4.79 Å². The predicted octanol–water partition coefficient (Wildman–Crippen LogP) is 2.69. The smallest absolute Gasteiger partial charge is 0.227 e. The third kappa shape index (κ3) is 3.71. The lowest BCUT2D eigenvalue weighted by molar-refractivity contribution is -0.131. The monoisotopic (exact) mass is 254 g/mol. The maximum atomic E-state index is 12.3. The van der Waals surface area contributed by atoms with E-state index < -0.39 is 0 Å². The average Bonchev–Trinajstić information content (AvgIpc) is 2.41. The third-order valence-corrected chi connectivity index (χ3v) is 4.91. The maximum absolute atomic E-state index is 12.3. The number of carbonyl (C=O) groups excluding carboxylic acids is 1. The number of hydrogen-bond donors (Lipinski definition) is 2. The van der Waals surface area contributed by atoms with Crippen molar-refractivity contribution in [2.24, 2.45) is 23.0 Å². The normalized spacial score (nSPS) is 24.9. The molecule has 18 heavy (non-hydrogen) atoms. The second-order valence-corrected chi connectivity index (χ2v) is 6.03. The molecule has 1 fully saturated rings. The van der Waals surface area contributed by atoms with Gasteiger partial charge in [-0.15, -0.1) is 0 Å². The van der Waals surface area contributed by atoms with Crippen molar-refractivity contribution in [1.82, 2.24) is 5.32 Å². The second-order valence-electron chi connectivity index (χ2n) is 6.03. The second kappa shape index (κ2) is 7.13. The van der Waals surface area contributed by atoms with Gasteiger partial charge in [-0.3, -0.25) is 4.79 Å². The van der Waals surface area contributed by atoms with E-state index in [4.69, 9.17) is 5.73 Å². The minimum atomic E-state index is -0.345. The van der Waals surface area contributed by atoms with Gasteiger partial charge < -0.3 is 11.1 Å². The highest BCUT2D eigenvalue weighted by Crippen LogP contribution is 2.29. The van der Waals surface area contributed by atoms with Gasteiger partial charge in [-0.2, -0.15) is 0 Å². The molecule has 0 aliphatic heterocycles. The van der Waals surface area contributed by atoms with E-state index in [9.17, 15) is 4.79 Å². The zero-order valence-electron chi connectivity index (χ0n) is 12.3. The van der Waals surface area contributed by atoms with Crippen molar-refractivity contribution in [3.8, 4) is 0 Å². The van der Waals surface area contributed by atoms with E-state index in [2.05, 4.69) is 26.1 Å². The Morgan fingerprint density at radius 2 is 1.78 bits per heavy atom. The molecular weight excluding hydrogens is 224 g/mol. The van der Waals surface area contributed by atoms with Gasteiger partial charge in [0.1, 0.15) is 0 Å². The molecule has 1 rings (SSSR count). The highest BCUT2D eigenvalue weighted by molar-refractivity contribution is 5.82. The number of carbonyl (C=O) groups is 1. The Bertz CT molecular complexity index is 245. The molecule has 1 aliphatic rings. The summed E-state index contributed by atoms with van der Waals surface area (Å²) in [7, 11) is 0. The van der Waals surface area contributed by atoms with Crippen LogP contribution in [0.1, 0.15) is 59.3 Å². The largest absolute Gasteiger partial charge is 0.355 e. The fourth-order valence-corrected chi connectivity index (χ4v) is 2.91. The molecule has 0 unspecified atom stereocenters. The summed E-state index contributed by atoms with van der Waals surface area (Å²) in [4.78, 5) is 12.3. The SMILES string of the molecule is CCC(CC)(CN)C(=O)NCC1CCC(C)CC1. The Kier molecular flexibility index (Phi) is 6.13. The van der Waals surface area contributed by atoms with Gasteiger partial charge in [-0.25, -0.2) is 0 Å². The molecule has 3 heteroatoms. The molecule has 3 nitrogen and oxygen atoms in total. The quantitative estimate of drug-likeness (QED) is 0.765. The van der Waals surface area contributed by atoms with Gasteiger partial charge in [0.05, 0.1) is 5.41 Å². The number of rotatable bonds is 6. The Labute approximate surface area is 112 Å². The summed E-state index contributed by atoms with van der Waals surface area (Å²) in [6.45, 7) is 7.72. The summed E-state index contributed by atoms with van der Waals surface area (Å²) in [6, 6.07) is 0. The van der Waals surface area contributed by atoms with Crippen molar-refractivity contribution >= 4 is 5.91 Å². The first-order chi connectivity index (χ1) is 8.57. The van der Waals surface area contributed by atoms with Crippen LogP contribution in [0.2, 0.25) is 0 Å². The molecule has 0 aromatic heterocycles. The summed E-state index contributed by atoms with van der Waals surface area (Å²) in [5, 5.41) is 3.14. The van der Waals surface area contributed by atoms with Gasteiger partial charge in [-0.05, 0) is 37.5 Å². The van der Waals surface area contributed by atoms with E-state index in [1.54, 1.807) is 0 Å². The van der Waals surface area contributed by atoms with E-state index in [0.717, 1.165) is 25.3 Å². The molecule has 0 aromatic rings. The summed E-state index contributed by atoms with van der Waals surface area (Å²) >= 11 is 0. The van der Waals surface area contributed by atoms with Crippen molar-refractivity contribution in [2.45, 2.75) is 59.3 Å². The van der Waals surface area contributed by atoms with Crippen LogP contribution in [0, 0.1) is 17.3 Å². The molecule has 0 bridgehead atoms. The van der Waals surface area contributed by atoms with Crippen LogP contribution in [0.25, 0.3) is 0 Å². The fraction of sp³-hybridized carbons (Fsp3) is 0.933. The molecule has 0 atom stereocenters. The number of nitrogens with two attached hydrogens (primary N) is 1. The van der Waals surface area contributed by atoms with Gasteiger partial charge in [0.25, 0.3) is 0 Å². The first-order valence-corrected chi connectivity index (χ1v) is 7.56. The number of nitrogens with one attached hydrogen (secondary N) is 1. The number of amides is 1. The van der Waals surface area contributed by atoms with Gasteiger partial charge in [-0.1, -0.05) is 33.6 Å². The fourth-order valence-electron chi connectivity index (χ4n) is 2.91. The van der Waals surface area contributed by atoms with Crippen LogP contribution >= 0.6 is 0 Å². The Hall–Kier alpha value is -0.570. The van der Waals surface area contributed by atoms with E-state index in [0.29, 0.717) is 12.5 Å². The molecule has 1 aliphatic carbocycles.